The summed E-state index contributed by atoms with van der Waals surface area (Å²) in [5.74, 6) is -1.41. The second-order valence-corrected chi connectivity index (χ2v) is 6.09. The van der Waals surface area contributed by atoms with Crippen LogP contribution in [0, 0.1) is 5.92 Å². The number of nitrogens with zero attached hydrogens (tertiary/aromatic N) is 3. The maximum absolute atomic E-state index is 12.8. The molecule has 1 N–H and O–H groups in total. The van der Waals surface area contributed by atoms with Crippen LogP contribution >= 0.6 is 11.6 Å². The first-order valence-corrected chi connectivity index (χ1v) is 7.86. The number of amides is 2. The molecule has 0 radical (unpaired) electrons. The molecule has 0 unspecified atom stereocenters. The van der Waals surface area contributed by atoms with Gasteiger partial charge in [0.25, 0.3) is 5.91 Å². The van der Waals surface area contributed by atoms with Gasteiger partial charge >= 0.3 is 6.18 Å². The highest BCUT2D eigenvalue weighted by molar-refractivity contribution is 6.33. The second kappa shape index (κ2) is 6.91. The molecule has 2 amide bonds. The maximum Gasteiger partial charge on any atom is 0.416 e. The molecule has 1 aromatic carbocycles. The first-order valence-electron chi connectivity index (χ1n) is 7.48. The van der Waals surface area contributed by atoms with E-state index < -0.39 is 23.6 Å². The molecule has 3 rings (SSSR count). The lowest BCUT2D eigenvalue weighted by molar-refractivity contribution is -0.137. The number of likely N-dealkylation sites (tertiary alicyclic amines) is 1. The molecule has 0 atom stereocenters. The smallest absolute Gasteiger partial charge is 0.336 e. The fourth-order valence-corrected chi connectivity index (χ4v) is 2.58. The van der Waals surface area contributed by atoms with Gasteiger partial charge in [-0.1, -0.05) is 11.6 Å². The molecule has 0 bridgehead atoms. The number of nitrogens with one attached hydrogen (secondary N) is 1. The van der Waals surface area contributed by atoms with E-state index in [1.54, 1.807) is 0 Å². The van der Waals surface area contributed by atoms with Crippen LogP contribution in [0.1, 0.15) is 16.1 Å². The Bertz CT molecular complexity index is 839. The van der Waals surface area contributed by atoms with Crippen molar-refractivity contribution in [3.8, 4) is 0 Å². The van der Waals surface area contributed by atoms with Gasteiger partial charge in [0.1, 0.15) is 5.69 Å². The number of hydrogen-bond donors (Lipinski definition) is 1. The molecule has 2 heterocycles. The minimum atomic E-state index is -4.54. The van der Waals surface area contributed by atoms with Crippen LogP contribution in [0.4, 0.5) is 18.9 Å². The Morgan fingerprint density at radius 1 is 1.23 bits per heavy atom. The van der Waals surface area contributed by atoms with Gasteiger partial charge in [-0.2, -0.15) is 13.2 Å². The third kappa shape index (κ3) is 3.77. The number of rotatable bonds is 3. The SMILES string of the molecule is O=C(Nc1cc(C(F)(F)F)ccc1Cl)C1CN(C(=O)c2cnccn2)C1. The Kier molecular flexibility index (Phi) is 4.82. The van der Waals surface area contributed by atoms with Crippen molar-refractivity contribution in [2.45, 2.75) is 6.18 Å². The summed E-state index contributed by atoms with van der Waals surface area (Å²) in [6.07, 6.45) is -0.409. The number of aromatic nitrogens is 2. The molecule has 6 nitrogen and oxygen atoms in total. The molecule has 10 heteroatoms. The van der Waals surface area contributed by atoms with Gasteiger partial charge in [-0.15, -0.1) is 0 Å². The van der Waals surface area contributed by atoms with Gasteiger partial charge in [0, 0.05) is 25.5 Å². The van der Waals surface area contributed by atoms with Gasteiger partial charge in [-0.05, 0) is 18.2 Å². The molecule has 1 saturated heterocycles. The van der Waals surface area contributed by atoms with Crippen LogP contribution in [-0.2, 0) is 11.0 Å². The number of anilines is 1. The van der Waals surface area contributed by atoms with Crippen LogP contribution in [0.5, 0.6) is 0 Å². The molecule has 2 aromatic rings. The van der Waals surface area contributed by atoms with Crippen LogP contribution in [0.2, 0.25) is 5.02 Å². The van der Waals surface area contributed by atoms with Crippen molar-refractivity contribution in [3.63, 3.8) is 0 Å². The van der Waals surface area contributed by atoms with Crippen molar-refractivity contribution < 1.29 is 22.8 Å². The Morgan fingerprint density at radius 3 is 2.58 bits per heavy atom. The molecule has 1 aliphatic heterocycles. The summed E-state index contributed by atoms with van der Waals surface area (Å²) >= 11 is 5.85. The zero-order valence-electron chi connectivity index (χ0n) is 13.1. The summed E-state index contributed by atoms with van der Waals surface area (Å²) in [4.78, 5) is 33.4. The van der Waals surface area contributed by atoms with Crippen LogP contribution in [-0.4, -0.2) is 39.8 Å². The molecule has 0 saturated carbocycles. The van der Waals surface area contributed by atoms with E-state index in [0.29, 0.717) is 0 Å². The lowest BCUT2D eigenvalue weighted by Gasteiger charge is -2.37. The van der Waals surface area contributed by atoms with Gasteiger partial charge < -0.3 is 10.2 Å². The third-order valence-electron chi connectivity index (χ3n) is 3.87. The van der Waals surface area contributed by atoms with E-state index in [-0.39, 0.29) is 35.4 Å². The lowest BCUT2D eigenvalue weighted by Crippen LogP contribution is -2.54. The molecule has 0 aliphatic carbocycles. The normalized spacial score (nSPS) is 14.7. The summed E-state index contributed by atoms with van der Waals surface area (Å²) in [6.45, 7) is 0.273. The molecule has 1 aromatic heterocycles. The van der Waals surface area contributed by atoms with E-state index in [1.165, 1.54) is 23.5 Å². The van der Waals surface area contributed by atoms with Crippen molar-refractivity contribution in [1.82, 2.24) is 14.9 Å². The molecule has 1 aliphatic rings. The third-order valence-corrected chi connectivity index (χ3v) is 4.20. The van der Waals surface area contributed by atoms with Crippen molar-refractivity contribution in [3.05, 3.63) is 53.1 Å². The second-order valence-electron chi connectivity index (χ2n) is 5.68. The van der Waals surface area contributed by atoms with Crippen LogP contribution in [0.3, 0.4) is 0 Å². The van der Waals surface area contributed by atoms with Gasteiger partial charge in [0.15, 0.2) is 0 Å². The largest absolute Gasteiger partial charge is 0.416 e. The average Bonchev–Trinajstić information content (AvgIpc) is 2.55. The zero-order valence-corrected chi connectivity index (χ0v) is 13.9. The van der Waals surface area contributed by atoms with E-state index in [1.807, 2.05) is 0 Å². The molecule has 1 fully saturated rings. The van der Waals surface area contributed by atoms with Crippen molar-refractivity contribution in [2.24, 2.45) is 5.92 Å². The highest BCUT2D eigenvalue weighted by Crippen LogP contribution is 2.34. The van der Waals surface area contributed by atoms with Gasteiger partial charge in [0.2, 0.25) is 5.91 Å². The lowest BCUT2D eigenvalue weighted by atomic mass is 9.98. The molecule has 26 heavy (non-hydrogen) atoms. The number of hydrogen-bond acceptors (Lipinski definition) is 4. The first-order chi connectivity index (χ1) is 12.3. The van der Waals surface area contributed by atoms with Crippen molar-refractivity contribution in [2.75, 3.05) is 18.4 Å². The zero-order chi connectivity index (χ0) is 18.9. The molecule has 136 valence electrons. The van der Waals surface area contributed by atoms with Crippen molar-refractivity contribution in [1.29, 1.82) is 0 Å². The Morgan fingerprint density at radius 2 is 1.96 bits per heavy atom. The van der Waals surface area contributed by atoms with Crippen LogP contribution in [0.15, 0.2) is 36.8 Å². The predicted molar refractivity (Wildman–Crippen MR) is 86.5 cm³/mol. The summed E-state index contributed by atoms with van der Waals surface area (Å²) in [5.41, 5.74) is -0.872. The standard InChI is InChI=1S/C16H12ClF3N4O2/c17-11-2-1-10(16(18,19)20)5-12(11)23-14(25)9-7-24(8-9)15(26)13-6-21-3-4-22-13/h1-6,9H,7-8H2,(H,23,25). The van der Waals surface area contributed by atoms with E-state index in [0.717, 1.165) is 18.2 Å². The summed E-state index contributed by atoms with van der Waals surface area (Å²) in [6, 6.07) is 2.69. The number of carbonyl (C=O) groups excluding carboxylic acids is 2. The van der Waals surface area contributed by atoms with E-state index in [9.17, 15) is 22.8 Å². The maximum atomic E-state index is 12.8. The molecule has 0 spiro atoms. The monoisotopic (exact) mass is 384 g/mol. The number of benzene rings is 1. The van der Waals surface area contributed by atoms with Gasteiger partial charge in [-0.3, -0.25) is 14.6 Å². The van der Waals surface area contributed by atoms with E-state index in [2.05, 4.69) is 15.3 Å². The Balaban J connectivity index is 1.62. The fourth-order valence-electron chi connectivity index (χ4n) is 2.41. The molecular weight excluding hydrogens is 373 g/mol. The topological polar surface area (TPSA) is 75.2 Å². The Labute approximate surface area is 151 Å². The average molecular weight is 385 g/mol. The fraction of sp³-hybridized carbons (Fsp3) is 0.250. The number of alkyl halides is 3. The van der Waals surface area contributed by atoms with Gasteiger partial charge in [0.05, 0.1) is 28.4 Å². The Hall–Kier alpha value is -2.68. The highest BCUT2D eigenvalue weighted by Gasteiger charge is 2.37. The van der Waals surface area contributed by atoms with Crippen molar-refractivity contribution >= 4 is 29.1 Å². The molecular formula is C16H12ClF3N4O2. The summed E-state index contributed by atoms with van der Waals surface area (Å²) in [5, 5.41) is 2.39. The number of halogens is 4. The van der Waals surface area contributed by atoms with Crippen LogP contribution < -0.4 is 5.32 Å². The van der Waals surface area contributed by atoms with Crippen LogP contribution in [0.25, 0.3) is 0 Å². The number of carbonyl (C=O) groups is 2. The summed E-state index contributed by atoms with van der Waals surface area (Å²) < 4.78 is 38.3. The van der Waals surface area contributed by atoms with E-state index in [4.69, 9.17) is 11.6 Å². The highest BCUT2D eigenvalue weighted by atomic mass is 35.5. The first kappa shape index (κ1) is 18.1. The minimum Gasteiger partial charge on any atom is -0.336 e. The quantitative estimate of drug-likeness (QED) is 0.883. The summed E-state index contributed by atoms with van der Waals surface area (Å²) in [7, 11) is 0. The van der Waals surface area contributed by atoms with E-state index >= 15 is 0 Å². The van der Waals surface area contributed by atoms with Gasteiger partial charge in [-0.25, -0.2) is 4.98 Å². The predicted octanol–water partition coefficient (Wildman–Crippen LogP) is 2.86. The minimum absolute atomic E-state index is 0.00170.